The molecule has 5 nitrogen and oxygen atoms in total. The number of rotatable bonds is 4. The van der Waals surface area contributed by atoms with Gasteiger partial charge in [0.25, 0.3) is 0 Å². The molecule has 2 amide bonds. The fourth-order valence-electron chi connectivity index (χ4n) is 2.32. The fraction of sp³-hybridized carbons (Fsp3) is 0.857. The molecule has 2 aliphatic rings. The smallest absolute Gasteiger partial charge is 0.236 e. The molecule has 1 aliphatic heterocycles. The highest BCUT2D eigenvalue weighted by molar-refractivity contribution is 6.08. The Hall–Kier alpha value is -1.10. The van der Waals surface area contributed by atoms with Crippen LogP contribution in [0.3, 0.4) is 0 Å². The topological polar surface area (TPSA) is 67.4 Å². The average molecular weight is 268 g/mol. The van der Waals surface area contributed by atoms with Crippen molar-refractivity contribution in [2.24, 2.45) is 5.41 Å². The molecule has 0 spiro atoms. The molecule has 0 radical (unpaired) electrons. The molecule has 2 fully saturated rings. The maximum absolute atomic E-state index is 12.2. The van der Waals surface area contributed by atoms with Gasteiger partial charge in [-0.05, 0) is 46.5 Å². The molecule has 0 aromatic rings. The minimum Gasteiger partial charge on any atom is -0.376 e. The second-order valence-corrected chi connectivity index (χ2v) is 6.63. The molecule has 19 heavy (non-hydrogen) atoms. The van der Waals surface area contributed by atoms with Crippen LogP contribution in [0.15, 0.2) is 0 Å². The number of amides is 2. The Balaban J connectivity index is 1.85. The van der Waals surface area contributed by atoms with Crippen molar-refractivity contribution in [1.29, 1.82) is 0 Å². The Labute approximate surface area is 114 Å². The molecule has 2 N–H and O–H groups in total. The van der Waals surface area contributed by atoms with E-state index < -0.39 is 5.41 Å². The number of carbonyl (C=O) groups is 2. The molecule has 1 saturated carbocycles. The van der Waals surface area contributed by atoms with Crippen molar-refractivity contribution in [2.75, 3.05) is 13.2 Å². The number of nitrogens with one attached hydrogen (secondary N) is 2. The van der Waals surface area contributed by atoms with Gasteiger partial charge in [0, 0.05) is 18.7 Å². The molecule has 108 valence electrons. The van der Waals surface area contributed by atoms with Gasteiger partial charge in [-0.15, -0.1) is 0 Å². The van der Waals surface area contributed by atoms with Crippen LogP contribution in [0.25, 0.3) is 0 Å². The van der Waals surface area contributed by atoms with Crippen LogP contribution in [0.4, 0.5) is 0 Å². The van der Waals surface area contributed by atoms with Crippen LogP contribution in [0.1, 0.15) is 46.5 Å². The first kappa shape index (κ1) is 14.3. The Morgan fingerprint density at radius 1 is 1.26 bits per heavy atom. The highest BCUT2D eigenvalue weighted by atomic mass is 16.5. The number of ether oxygens (including phenoxy) is 1. The summed E-state index contributed by atoms with van der Waals surface area (Å²) >= 11 is 0. The van der Waals surface area contributed by atoms with E-state index in [1.165, 1.54) is 0 Å². The van der Waals surface area contributed by atoms with E-state index in [9.17, 15) is 9.59 Å². The van der Waals surface area contributed by atoms with Crippen LogP contribution >= 0.6 is 0 Å². The van der Waals surface area contributed by atoms with Gasteiger partial charge in [0.05, 0.1) is 6.10 Å². The number of carbonyl (C=O) groups excluding carboxylic acids is 2. The summed E-state index contributed by atoms with van der Waals surface area (Å²) in [6.07, 6.45) is 3.45. The first-order valence-electron chi connectivity index (χ1n) is 7.06. The van der Waals surface area contributed by atoms with Crippen molar-refractivity contribution < 1.29 is 14.3 Å². The SMILES string of the molecule is CC(C)(C)NC(=O)C1(C(=O)NCC2CCCO2)CC1. The van der Waals surface area contributed by atoms with Gasteiger partial charge < -0.3 is 15.4 Å². The standard InChI is InChI=1S/C14H24N2O3/c1-13(2,3)16-12(18)14(6-7-14)11(17)15-9-10-5-4-8-19-10/h10H,4-9H2,1-3H3,(H,15,17)(H,16,18). The number of hydrogen-bond acceptors (Lipinski definition) is 3. The summed E-state index contributed by atoms with van der Waals surface area (Å²) in [6.45, 7) is 7.06. The predicted molar refractivity (Wildman–Crippen MR) is 71.5 cm³/mol. The molecule has 0 aromatic heterocycles. The van der Waals surface area contributed by atoms with Gasteiger partial charge >= 0.3 is 0 Å². The maximum atomic E-state index is 12.2. The van der Waals surface area contributed by atoms with Crippen LogP contribution in [-0.2, 0) is 14.3 Å². The zero-order valence-electron chi connectivity index (χ0n) is 12.0. The second kappa shape index (κ2) is 5.12. The highest BCUT2D eigenvalue weighted by Crippen LogP contribution is 2.46. The number of hydrogen-bond donors (Lipinski definition) is 2. The normalized spacial score (nSPS) is 24.9. The lowest BCUT2D eigenvalue weighted by molar-refractivity contribution is -0.138. The quantitative estimate of drug-likeness (QED) is 0.747. The third-order valence-corrected chi connectivity index (χ3v) is 3.62. The van der Waals surface area contributed by atoms with Gasteiger partial charge in [-0.2, -0.15) is 0 Å². The zero-order chi connectivity index (χ0) is 14.1. The minimum atomic E-state index is -0.827. The molecular formula is C14H24N2O3. The molecule has 1 saturated heterocycles. The van der Waals surface area contributed by atoms with E-state index in [4.69, 9.17) is 4.74 Å². The van der Waals surface area contributed by atoms with E-state index in [1.54, 1.807) is 0 Å². The minimum absolute atomic E-state index is 0.116. The highest BCUT2D eigenvalue weighted by Gasteiger charge is 2.56. The molecule has 1 heterocycles. The van der Waals surface area contributed by atoms with Crippen LogP contribution < -0.4 is 10.6 Å². The first-order valence-corrected chi connectivity index (χ1v) is 7.06. The summed E-state index contributed by atoms with van der Waals surface area (Å²) in [4.78, 5) is 24.4. The van der Waals surface area contributed by atoms with Gasteiger partial charge in [0.1, 0.15) is 5.41 Å². The van der Waals surface area contributed by atoms with Crippen molar-refractivity contribution in [3.63, 3.8) is 0 Å². The maximum Gasteiger partial charge on any atom is 0.236 e. The average Bonchev–Trinajstić information content (AvgIpc) is 2.95. The molecular weight excluding hydrogens is 244 g/mol. The van der Waals surface area contributed by atoms with Gasteiger partial charge in [-0.1, -0.05) is 0 Å². The van der Waals surface area contributed by atoms with Gasteiger partial charge in [0.2, 0.25) is 11.8 Å². The zero-order valence-corrected chi connectivity index (χ0v) is 12.0. The van der Waals surface area contributed by atoms with E-state index in [1.807, 2.05) is 20.8 Å². The fourth-order valence-corrected chi connectivity index (χ4v) is 2.32. The molecule has 1 unspecified atom stereocenters. The second-order valence-electron chi connectivity index (χ2n) is 6.63. The Kier molecular flexibility index (Phi) is 3.85. The van der Waals surface area contributed by atoms with E-state index in [0.717, 1.165) is 19.4 Å². The van der Waals surface area contributed by atoms with E-state index in [2.05, 4.69) is 10.6 Å². The van der Waals surface area contributed by atoms with Crippen molar-refractivity contribution in [3.05, 3.63) is 0 Å². The third-order valence-electron chi connectivity index (χ3n) is 3.62. The monoisotopic (exact) mass is 268 g/mol. The molecule has 0 aromatic carbocycles. The first-order chi connectivity index (χ1) is 8.83. The van der Waals surface area contributed by atoms with Crippen molar-refractivity contribution >= 4 is 11.8 Å². The van der Waals surface area contributed by atoms with Gasteiger partial charge in [0.15, 0.2) is 0 Å². The van der Waals surface area contributed by atoms with Crippen LogP contribution in [0.2, 0.25) is 0 Å². The van der Waals surface area contributed by atoms with Crippen molar-refractivity contribution in [3.8, 4) is 0 Å². The Morgan fingerprint density at radius 2 is 1.95 bits per heavy atom. The molecule has 5 heteroatoms. The van der Waals surface area contributed by atoms with Crippen LogP contribution in [0, 0.1) is 5.41 Å². The summed E-state index contributed by atoms with van der Waals surface area (Å²) in [5.74, 6) is -0.297. The lowest BCUT2D eigenvalue weighted by Crippen LogP contribution is -2.50. The summed E-state index contributed by atoms with van der Waals surface area (Å²) in [5, 5.41) is 5.77. The lowest BCUT2D eigenvalue weighted by Gasteiger charge is -2.24. The lowest BCUT2D eigenvalue weighted by atomic mass is 10.0. The van der Waals surface area contributed by atoms with E-state index in [-0.39, 0.29) is 23.5 Å². The van der Waals surface area contributed by atoms with Crippen molar-refractivity contribution in [1.82, 2.24) is 10.6 Å². The Morgan fingerprint density at radius 3 is 2.42 bits per heavy atom. The van der Waals surface area contributed by atoms with Gasteiger partial charge in [-0.3, -0.25) is 9.59 Å². The van der Waals surface area contributed by atoms with Gasteiger partial charge in [-0.25, -0.2) is 0 Å². The van der Waals surface area contributed by atoms with E-state index in [0.29, 0.717) is 19.4 Å². The molecule has 2 rings (SSSR count). The summed E-state index contributed by atoms with van der Waals surface area (Å²) < 4.78 is 5.46. The predicted octanol–water partition coefficient (Wildman–Crippen LogP) is 0.976. The van der Waals surface area contributed by atoms with Crippen LogP contribution in [-0.4, -0.2) is 36.6 Å². The molecule has 1 atom stereocenters. The molecule has 1 aliphatic carbocycles. The van der Waals surface area contributed by atoms with E-state index >= 15 is 0 Å². The van der Waals surface area contributed by atoms with Crippen LogP contribution in [0.5, 0.6) is 0 Å². The Bertz CT molecular complexity index is 363. The third kappa shape index (κ3) is 3.47. The largest absolute Gasteiger partial charge is 0.376 e. The summed E-state index contributed by atoms with van der Waals surface area (Å²) in [5.41, 5.74) is -1.13. The molecule has 0 bridgehead atoms. The van der Waals surface area contributed by atoms with Crippen molar-refractivity contribution in [2.45, 2.75) is 58.1 Å². The summed E-state index contributed by atoms with van der Waals surface area (Å²) in [7, 11) is 0. The summed E-state index contributed by atoms with van der Waals surface area (Å²) in [6, 6.07) is 0.